The number of carbonyl (C=O) groups excluding carboxylic acids is 1. The molecule has 3 rings (SSSR count). The van der Waals surface area contributed by atoms with E-state index < -0.39 is 0 Å². The molecule has 0 aromatic heterocycles. The number of urea groups is 1. The lowest BCUT2D eigenvalue weighted by Gasteiger charge is -2.34. The number of carbonyl (C=O) groups is 1. The van der Waals surface area contributed by atoms with Crippen LogP contribution in [0, 0.1) is 0 Å². The highest BCUT2D eigenvalue weighted by Crippen LogP contribution is 2.34. The molecule has 1 fully saturated rings. The number of aliphatic hydroxyl groups is 1. The Morgan fingerprint density at radius 3 is 2.62 bits per heavy atom. The number of morpholine rings is 1. The van der Waals surface area contributed by atoms with E-state index in [1.807, 2.05) is 24.3 Å². The van der Waals surface area contributed by atoms with Crippen molar-refractivity contribution in [2.75, 3.05) is 38.8 Å². The molecule has 0 unspecified atom stereocenters. The third kappa shape index (κ3) is 4.07. The van der Waals surface area contributed by atoms with Crippen molar-refractivity contribution in [3.63, 3.8) is 0 Å². The van der Waals surface area contributed by atoms with Crippen molar-refractivity contribution in [2.45, 2.75) is 6.04 Å². The number of amides is 2. The maximum Gasteiger partial charge on any atom is 0.322 e. The molecule has 1 saturated heterocycles. The van der Waals surface area contributed by atoms with E-state index in [9.17, 15) is 9.90 Å². The summed E-state index contributed by atoms with van der Waals surface area (Å²) in [4.78, 5) is 14.2. The highest BCUT2D eigenvalue weighted by atomic mass is 16.5. The molecule has 1 atom stereocenters. The van der Waals surface area contributed by atoms with Gasteiger partial charge in [-0.05, 0) is 24.3 Å². The Balaban J connectivity index is 1.78. The average Bonchev–Trinajstić information content (AvgIpc) is 2.69. The number of para-hydroxylation sites is 4. The Kier molecular flexibility index (Phi) is 5.93. The van der Waals surface area contributed by atoms with E-state index in [1.165, 1.54) is 0 Å². The number of aliphatic hydroxyl groups excluding tert-OH is 1. The molecule has 2 aromatic carbocycles. The first kappa shape index (κ1) is 18.0. The summed E-state index contributed by atoms with van der Waals surface area (Å²) in [6.45, 7) is 1.05. The Labute approximate surface area is 152 Å². The lowest BCUT2D eigenvalue weighted by atomic mass is 10.2. The van der Waals surface area contributed by atoms with E-state index >= 15 is 0 Å². The summed E-state index contributed by atoms with van der Waals surface area (Å²) in [6, 6.07) is 13.8. The second-order valence-electron chi connectivity index (χ2n) is 5.78. The number of rotatable bonds is 5. The van der Waals surface area contributed by atoms with Gasteiger partial charge in [-0.3, -0.25) is 0 Å². The van der Waals surface area contributed by atoms with Crippen molar-refractivity contribution in [3.05, 3.63) is 48.5 Å². The van der Waals surface area contributed by atoms with Crippen LogP contribution in [0.1, 0.15) is 0 Å². The van der Waals surface area contributed by atoms with Crippen LogP contribution >= 0.6 is 0 Å². The third-order valence-corrected chi connectivity index (χ3v) is 4.12. The van der Waals surface area contributed by atoms with E-state index in [0.717, 1.165) is 0 Å². The van der Waals surface area contributed by atoms with E-state index in [2.05, 4.69) is 5.32 Å². The van der Waals surface area contributed by atoms with Crippen LogP contribution in [0.5, 0.6) is 17.2 Å². The van der Waals surface area contributed by atoms with E-state index in [1.54, 1.807) is 36.3 Å². The number of hydrogen-bond donors (Lipinski definition) is 2. The second kappa shape index (κ2) is 8.55. The molecule has 7 nitrogen and oxygen atoms in total. The SMILES string of the molecule is COc1ccccc1Oc1ccccc1NC(=O)N1CCOC[C@@H]1CO. The predicted octanol–water partition coefficient (Wildman–Crippen LogP) is 2.71. The number of ether oxygens (including phenoxy) is 3. The Bertz CT molecular complexity index is 752. The molecule has 0 spiro atoms. The van der Waals surface area contributed by atoms with Crippen molar-refractivity contribution in [1.29, 1.82) is 0 Å². The molecule has 0 bridgehead atoms. The molecular weight excluding hydrogens is 336 g/mol. The van der Waals surface area contributed by atoms with E-state index in [0.29, 0.717) is 42.7 Å². The van der Waals surface area contributed by atoms with Crippen LogP contribution in [-0.4, -0.2) is 55.6 Å². The maximum atomic E-state index is 12.6. The molecule has 1 heterocycles. The van der Waals surface area contributed by atoms with Crippen molar-refractivity contribution in [3.8, 4) is 17.2 Å². The normalized spacial score (nSPS) is 16.8. The smallest absolute Gasteiger partial charge is 0.322 e. The molecule has 2 aromatic rings. The van der Waals surface area contributed by atoms with Gasteiger partial charge < -0.3 is 29.5 Å². The first-order chi connectivity index (χ1) is 12.7. The van der Waals surface area contributed by atoms with Gasteiger partial charge in [-0.25, -0.2) is 4.79 Å². The molecule has 2 amide bonds. The molecule has 26 heavy (non-hydrogen) atoms. The number of nitrogens with one attached hydrogen (secondary N) is 1. The highest BCUT2D eigenvalue weighted by Gasteiger charge is 2.27. The van der Waals surface area contributed by atoms with Crippen molar-refractivity contribution >= 4 is 11.7 Å². The van der Waals surface area contributed by atoms with Crippen LogP contribution < -0.4 is 14.8 Å². The first-order valence-corrected chi connectivity index (χ1v) is 8.39. The van der Waals surface area contributed by atoms with Gasteiger partial charge in [-0.2, -0.15) is 0 Å². The van der Waals surface area contributed by atoms with E-state index in [-0.39, 0.29) is 18.7 Å². The molecule has 0 saturated carbocycles. The standard InChI is InChI=1S/C19H22N2O5/c1-24-17-8-4-5-9-18(17)26-16-7-3-2-6-15(16)20-19(23)21-10-11-25-13-14(21)12-22/h2-9,14,22H,10-13H2,1H3,(H,20,23)/t14-/m0/s1. The monoisotopic (exact) mass is 358 g/mol. The van der Waals surface area contributed by atoms with Crippen molar-refractivity contribution in [2.24, 2.45) is 0 Å². The van der Waals surface area contributed by atoms with Gasteiger partial charge in [0.25, 0.3) is 0 Å². The fourth-order valence-electron chi connectivity index (χ4n) is 2.74. The molecule has 0 aliphatic carbocycles. The highest BCUT2D eigenvalue weighted by molar-refractivity contribution is 5.91. The van der Waals surface area contributed by atoms with Crippen LogP contribution in [0.15, 0.2) is 48.5 Å². The number of benzene rings is 2. The topological polar surface area (TPSA) is 80.3 Å². The maximum absolute atomic E-state index is 12.6. The largest absolute Gasteiger partial charge is 0.493 e. The zero-order valence-electron chi connectivity index (χ0n) is 14.6. The van der Waals surface area contributed by atoms with Crippen molar-refractivity contribution in [1.82, 2.24) is 4.90 Å². The Morgan fingerprint density at radius 1 is 1.19 bits per heavy atom. The van der Waals surface area contributed by atoms with Gasteiger partial charge in [0, 0.05) is 6.54 Å². The Hall–Kier alpha value is -2.77. The summed E-state index contributed by atoms with van der Waals surface area (Å²) in [5, 5.41) is 12.3. The van der Waals surface area contributed by atoms with Gasteiger partial charge in [0.2, 0.25) is 0 Å². The fraction of sp³-hybridized carbons (Fsp3) is 0.316. The lowest BCUT2D eigenvalue weighted by Crippen LogP contribution is -2.52. The molecule has 7 heteroatoms. The van der Waals surface area contributed by atoms with Gasteiger partial charge in [0.15, 0.2) is 17.2 Å². The van der Waals surface area contributed by atoms with Crippen LogP contribution in [0.25, 0.3) is 0 Å². The van der Waals surface area contributed by atoms with Gasteiger partial charge in [0.1, 0.15) is 0 Å². The van der Waals surface area contributed by atoms with Crippen molar-refractivity contribution < 1.29 is 24.1 Å². The van der Waals surface area contributed by atoms with Gasteiger partial charge >= 0.3 is 6.03 Å². The fourth-order valence-corrected chi connectivity index (χ4v) is 2.74. The zero-order valence-corrected chi connectivity index (χ0v) is 14.6. The summed E-state index contributed by atoms with van der Waals surface area (Å²) >= 11 is 0. The van der Waals surface area contributed by atoms with Crippen LogP contribution in [0.3, 0.4) is 0 Å². The lowest BCUT2D eigenvalue weighted by molar-refractivity contribution is -0.00485. The summed E-state index contributed by atoms with van der Waals surface area (Å²) in [5.41, 5.74) is 0.534. The van der Waals surface area contributed by atoms with Crippen LogP contribution in [0.2, 0.25) is 0 Å². The number of nitrogens with zero attached hydrogens (tertiary/aromatic N) is 1. The summed E-state index contributed by atoms with van der Waals surface area (Å²) < 4.78 is 16.6. The van der Waals surface area contributed by atoms with Gasteiger partial charge in [0.05, 0.1) is 38.7 Å². The zero-order chi connectivity index (χ0) is 18.4. The molecule has 138 valence electrons. The summed E-state index contributed by atoms with van der Waals surface area (Å²) in [5.74, 6) is 1.65. The minimum Gasteiger partial charge on any atom is -0.493 e. The molecule has 2 N–H and O–H groups in total. The van der Waals surface area contributed by atoms with E-state index in [4.69, 9.17) is 14.2 Å². The molecule has 1 aliphatic heterocycles. The number of methoxy groups -OCH3 is 1. The van der Waals surface area contributed by atoms with Crippen LogP contribution in [-0.2, 0) is 4.74 Å². The Morgan fingerprint density at radius 2 is 1.88 bits per heavy atom. The van der Waals surface area contributed by atoms with Gasteiger partial charge in [-0.15, -0.1) is 0 Å². The van der Waals surface area contributed by atoms with Crippen LogP contribution in [0.4, 0.5) is 10.5 Å². The predicted molar refractivity (Wildman–Crippen MR) is 96.9 cm³/mol. The van der Waals surface area contributed by atoms with Gasteiger partial charge in [-0.1, -0.05) is 24.3 Å². The quantitative estimate of drug-likeness (QED) is 0.859. The molecular formula is C19H22N2O5. The summed E-state index contributed by atoms with van der Waals surface area (Å²) in [7, 11) is 1.57. The minimum absolute atomic E-state index is 0.146. The first-order valence-electron chi connectivity index (χ1n) is 8.39. The summed E-state index contributed by atoms with van der Waals surface area (Å²) in [6.07, 6.45) is 0. The second-order valence-corrected chi connectivity index (χ2v) is 5.78. The molecule has 0 radical (unpaired) electrons. The number of hydrogen-bond acceptors (Lipinski definition) is 5. The average molecular weight is 358 g/mol. The minimum atomic E-state index is -0.356. The molecule has 1 aliphatic rings. The number of anilines is 1. The third-order valence-electron chi connectivity index (χ3n) is 4.12.